The van der Waals surface area contributed by atoms with Crippen LogP contribution in [0.25, 0.3) is 0 Å². The van der Waals surface area contributed by atoms with Gasteiger partial charge >= 0.3 is 0 Å². The minimum atomic E-state index is 0.316. The van der Waals surface area contributed by atoms with E-state index >= 15 is 0 Å². The normalized spacial score (nSPS) is 10.1. The molecule has 0 fully saturated rings. The number of nitrogens with one attached hydrogen (secondary N) is 1. The molecule has 1 aromatic heterocycles. The number of benzene rings is 1. The van der Waals surface area contributed by atoms with Gasteiger partial charge in [0.25, 0.3) is 0 Å². The summed E-state index contributed by atoms with van der Waals surface area (Å²) in [5.74, 6) is 0.617. The average molecular weight is 258 g/mol. The highest BCUT2D eigenvalue weighted by Crippen LogP contribution is 2.12. The second-order valence-corrected chi connectivity index (χ2v) is 4.44. The van der Waals surface area contributed by atoms with Crippen LogP contribution >= 0.6 is 12.2 Å². The summed E-state index contributed by atoms with van der Waals surface area (Å²) in [5, 5.41) is 11.0. The van der Waals surface area contributed by atoms with E-state index in [1.54, 1.807) is 12.3 Å². The monoisotopic (exact) mass is 258 g/mol. The van der Waals surface area contributed by atoms with Crippen molar-refractivity contribution in [2.75, 3.05) is 5.32 Å². The molecule has 0 unspecified atom stereocenters. The lowest BCUT2D eigenvalue weighted by atomic mass is 10.1. The summed E-state index contributed by atoms with van der Waals surface area (Å²) in [6.07, 6.45) is 1.58. The van der Waals surface area contributed by atoms with Gasteiger partial charge in [0.1, 0.15) is 4.99 Å². The molecule has 1 heterocycles. The van der Waals surface area contributed by atoms with Gasteiger partial charge in [-0.1, -0.05) is 42.0 Å². The molecule has 3 N–H and O–H groups in total. The molecule has 18 heavy (non-hydrogen) atoms. The molecule has 0 saturated heterocycles. The van der Waals surface area contributed by atoms with Crippen molar-refractivity contribution in [3.8, 4) is 0 Å². The van der Waals surface area contributed by atoms with Gasteiger partial charge in [0.05, 0.1) is 11.8 Å². The van der Waals surface area contributed by atoms with Gasteiger partial charge in [0.2, 0.25) is 0 Å². The van der Waals surface area contributed by atoms with Gasteiger partial charge in [-0.25, -0.2) is 0 Å². The number of nitrogens with zero attached hydrogens (tertiary/aromatic N) is 2. The summed E-state index contributed by atoms with van der Waals surface area (Å²) in [6.45, 7) is 2.72. The highest BCUT2D eigenvalue weighted by molar-refractivity contribution is 7.80. The van der Waals surface area contributed by atoms with Gasteiger partial charge < -0.3 is 11.1 Å². The van der Waals surface area contributed by atoms with Crippen molar-refractivity contribution >= 4 is 23.0 Å². The number of aryl methyl sites for hydroxylation is 1. The Kier molecular flexibility index (Phi) is 3.84. The Balaban J connectivity index is 2.13. The third-order valence-electron chi connectivity index (χ3n) is 2.53. The van der Waals surface area contributed by atoms with E-state index < -0.39 is 0 Å². The molecule has 0 radical (unpaired) electrons. The molecule has 5 heteroatoms. The van der Waals surface area contributed by atoms with Crippen LogP contribution in [-0.4, -0.2) is 15.2 Å². The Morgan fingerprint density at radius 3 is 2.94 bits per heavy atom. The van der Waals surface area contributed by atoms with E-state index in [0.29, 0.717) is 22.9 Å². The number of aromatic nitrogens is 2. The lowest BCUT2D eigenvalue weighted by molar-refractivity contribution is 0.996. The van der Waals surface area contributed by atoms with Crippen molar-refractivity contribution in [2.45, 2.75) is 13.5 Å². The molecule has 2 aromatic rings. The number of hydrogen-bond donors (Lipinski definition) is 2. The van der Waals surface area contributed by atoms with Crippen LogP contribution in [0.2, 0.25) is 0 Å². The molecule has 0 spiro atoms. The van der Waals surface area contributed by atoms with Crippen LogP contribution in [0.1, 0.15) is 16.7 Å². The van der Waals surface area contributed by atoms with E-state index in [0.717, 1.165) is 0 Å². The summed E-state index contributed by atoms with van der Waals surface area (Å²) < 4.78 is 0. The van der Waals surface area contributed by atoms with Crippen LogP contribution in [0, 0.1) is 6.92 Å². The molecule has 0 atom stereocenters. The number of hydrogen-bond acceptors (Lipinski definition) is 4. The first-order valence-electron chi connectivity index (χ1n) is 5.58. The molecule has 0 aliphatic rings. The second-order valence-electron chi connectivity index (χ2n) is 4.00. The smallest absolute Gasteiger partial charge is 0.159 e. The molecular formula is C13H14N4S. The van der Waals surface area contributed by atoms with Crippen molar-refractivity contribution in [1.82, 2.24) is 10.2 Å². The van der Waals surface area contributed by atoms with Crippen LogP contribution in [0.4, 0.5) is 5.82 Å². The SMILES string of the molecule is Cc1cccc(CNc2nnccc2C(N)=S)c1. The zero-order valence-corrected chi connectivity index (χ0v) is 10.9. The van der Waals surface area contributed by atoms with Crippen molar-refractivity contribution in [3.63, 3.8) is 0 Å². The molecule has 92 valence electrons. The first-order chi connectivity index (χ1) is 8.66. The van der Waals surface area contributed by atoms with Crippen LogP contribution in [0.3, 0.4) is 0 Å². The topological polar surface area (TPSA) is 63.8 Å². The van der Waals surface area contributed by atoms with Gasteiger partial charge in [0.15, 0.2) is 5.82 Å². The molecule has 0 bridgehead atoms. The quantitative estimate of drug-likeness (QED) is 0.822. The maximum atomic E-state index is 5.63. The predicted octanol–water partition coefficient (Wildman–Crippen LogP) is 2.03. The lowest BCUT2D eigenvalue weighted by Crippen LogP contribution is -2.14. The summed E-state index contributed by atoms with van der Waals surface area (Å²) >= 11 is 4.97. The fraction of sp³-hybridized carbons (Fsp3) is 0.154. The fourth-order valence-corrected chi connectivity index (χ4v) is 1.83. The second kappa shape index (κ2) is 5.55. The van der Waals surface area contributed by atoms with Crippen LogP contribution in [-0.2, 0) is 6.54 Å². The highest BCUT2D eigenvalue weighted by atomic mass is 32.1. The number of thiocarbonyl (C=S) groups is 1. The Hall–Kier alpha value is -2.01. The maximum absolute atomic E-state index is 5.63. The summed E-state index contributed by atoms with van der Waals surface area (Å²) in [4.78, 5) is 0.316. The van der Waals surface area contributed by atoms with Crippen LogP contribution in [0.15, 0.2) is 36.5 Å². The average Bonchev–Trinajstić information content (AvgIpc) is 2.37. The molecule has 2 rings (SSSR count). The van der Waals surface area contributed by atoms with Crippen molar-refractivity contribution in [3.05, 3.63) is 53.2 Å². The number of nitrogens with two attached hydrogens (primary N) is 1. The molecule has 1 aromatic carbocycles. The molecule has 4 nitrogen and oxygen atoms in total. The predicted molar refractivity (Wildman–Crippen MR) is 76.4 cm³/mol. The number of anilines is 1. The standard InChI is InChI=1S/C13H14N4S/c1-9-3-2-4-10(7-9)8-15-13-11(12(14)18)5-6-16-17-13/h2-7H,8H2,1H3,(H2,14,18)(H,15,17). The largest absolute Gasteiger partial charge is 0.389 e. The molecule has 0 aliphatic heterocycles. The first kappa shape index (κ1) is 12.4. The van der Waals surface area contributed by atoms with Crippen molar-refractivity contribution < 1.29 is 0 Å². The zero-order valence-electron chi connectivity index (χ0n) is 10.1. The molecule has 0 aliphatic carbocycles. The molecule has 0 amide bonds. The summed E-state index contributed by atoms with van der Waals surface area (Å²) in [5.41, 5.74) is 8.75. The fourth-order valence-electron chi connectivity index (χ4n) is 1.67. The minimum Gasteiger partial charge on any atom is -0.389 e. The van der Waals surface area contributed by atoms with E-state index in [9.17, 15) is 0 Å². The Labute approximate surface area is 111 Å². The lowest BCUT2D eigenvalue weighted by Gasteiger charge is -2.09. The van der Waals surface area contributed by atoms with E-state index in [1.807, 2.05) is 6.07 Å². The van der Waals surface area contributed by atoms with Crippen LogP contribution in [0.5, 0.6) is 0 Å². The Bertz CT molecular complexity index is 568. The maximum Gasteiger partial charge on any atom is 0.159 e. The van der Waals surface area contributed by atoms with E-state index in [-0.39, 0.29) is 0 Å². The Morgan fingerprint density at radius 1 is 1.39 bits per heavy atom. The Morgan fingerprint density at radius 2 is 2.22 bits per heavy atom. The summed E-state index contributed by atoms with van der Waals surface area (Å²) in [7, 11) is 0. The highest BCUT2D eigenvalue weighted by Gasteiger charge is 2.06. The van der Waals surface area contributed by atoms with Gasteiger partial charge in [-0.15, -0.1) is 5.10 Å². The third kappa shape index (κ3) is 3.01. The minimum absolute atomic E-state index is 0.316. The van der Waals surface area contributed by atoms with Crippen molar-refractivity contribution in [2.24, 2.45) is 5.73 Å². The van der Waals surface area contributed by atoms with Gasteiger partial charge in [-0.2, -0.15) is 5.10 Å². The van der Waals surface area contributed by atoms with Gasteiger partial charge in [0, 0.05) is 6.54 Å². The van der Waals surface area contributed by atoms with Crippen molar-refractivity contribution in [1.29, 1.82) is 0 Å². The molecule has 0 saturated carbocycles. The van der Waals surface area contributed by atoms with E-state index in [2.05, 4.69) is 40.6 Å². The van der Waals surface area contributed by atoms with E-state index in [1.165, 1.54) is 11.1 Å². The zero-order chi connectivity index (χ0) is 13.0. The first-order valence-corrected chi connectivity index (χ1v) is 5.98. The van der Waals surface area contributed by atoms with Gasteiger partial charge in [-0.3, -0.25) is 0 Å². The van der Waals surface area contributed by atoms with Crippen LogP contribution < -0.4 is 11.1 Å². The molecular weight excluding hydrogens is 244 g/mol. The summed E-state index contributed by atoms with van der Waals surface area (Å²) in [6, 6.07) is 10.0. The number of rotatable bonds is 4. The van der Waals surface area contributed by atoms with Gasteiger partial charge in [-0.05, 0) is 18.6 Å². The third-order valence-corrected chi connectivity index (χ3v) is 2.75. The van der Waals surface area contributed by atoms with E-state index in [4.69, 9.17) is 18.0 Å².